The van der Waals surface area contributed by atoms with Gasteiger partial charge in [-0.3, -0.25) is 24.2 Å². The Morgan fingerprint density at radius 3 is 1.69 bits per heavy atom. The van der Waals surface area contributed by atoms with Crippen LogP contribution in [0, 0.1) is 11.3 Å². The van der Waals surface area contributed by atoms with Crippen molar-refractivity contribution in [3.05, 3.63) is 0 Å². The van der Waals surface area contributed by atoms with Gasteiger partial charge >= 0.3 is 17.9 Å². The average Bonchev–Trinajstić information content (AvgIpc) is 3.81. The van der Waals surface area contributed by atoms with E-state index >= 15 is 0 Å². The summed E-state index contributed by atoms with van der Waals surface area (Å²) in [6.45, 7) is 10.3. The number of carbonyl (C=O) groups excluding carboxylic acids is 3. The Balaban J connectivity index is 1.96. The summed E-state index contributed by atoms with van der Waals surface area (Å²) in [6, 6.07) is -0.537. The molecule has 0 aromatic rings. The first-order valence-electron chi connectivity index (χ1n) is 13.9. The van der Waals surface area contributed by atoms with Crippen molar-refractivity contribution >= 4 is 17.9 Å². The third-order valence-corrected chi connectivity index (χ3v) is 7.20. The summed E-state index contributed by atoms with van der Waals surface area (Å²) < 4.78 is 16.7. The van der Waals surface area contributed by atoms with Gasteiger partial charge < -0.3 is 19.3 Å². The number of aliphatic hydroxyl groups excluding tert-OH is 1. The molecule has 208 valence electrons. The van der Waals surface area contributed by atoms with E-state index in [0.29, 0.717) is 19.5 Å². The van der Waals surface area contributed by atoms with Crippen LogP contribution in [0.3, 0.4) is 0 Å². The molecule has 36 heavy (non-hydrogen) atoms. The standard InChI is InChI=1S/C27H48N2O7/c1-5-9-12-21(8-4)24(31)34-18-27(17-30,19-35-25(32)22-15-28(22)13-10-6-2)20-36-26(33)23-16-29(23)14-11-7-3/h21-23,30H,5-20H2,1-4H3. The van der Waals surface area contributed by atoms with Crippen LogP contribution in [0.4, 0.5) is 0 Å². The molecule has 5 unspecified atom stereocenters. The Bertz CT molecular complexity index is 664. The van der Waals surface area contributed by atoms with Crippen molar-refractivity contribution in [2.75, 3.05) is 52.6 Å². The van der Waals surface area contributed by atoms with Gasteiger partial charge in [0.15, 0.2) is 0 Å². The van der Waals surface area contributed by atoms with Gasteiger partial charge in [0.05, 0.1) is 17.9 Å². The minimum Gasteiger partial charge on any atom is -0.465 e. The van der Waals surface area contributed by atoms with Crippen molar-refractivity contribution in [1.82, 2.24) is 9.80 Å². The van der Waals surface area contributed by atoms with E-state index in [9.17, 15) is 19.5 Å². The normalized spacial score (nSPS) is 24.9. The highest BCUT2D eigenvalue weighted by molar-refractivity contribution is 5.79. The molecule has 0 spiro atoms. The Labute approximate surface area is 216 Å². The first-order valence-corrected chi connectivity index (χ1v) is 13.9. The lowest BCUT2D eigenvalue weighted by molar-refractivity contribution is -0.167. The maximum atomic E-state index is 12.7. The third kappa shape index (κ3) is 9.63. The van der Waals surface area contributed by atoms with Crippen LogP contribution < -0.4 is 0 Å². The minimum absolute atomic E-state index is 0.181. The topological polar surface area (TPSA) is 105 Å². The third-order valence-electron chi connectivity index (χ3n) is 7.20. The van der Waals surface area contributed by atoms with Crippen molar-refractivity contribution in [2.24, 2.45) is 11.3 Å². The van der Waals surface area contributed by atoms with E-state index in [1.54, 1.807) is 0 Å². The molecule has 0 aliphatic carbocycles. The quantitative estimate of drug-likeness (QED) is 0.150. The molecule has 2 saturated heterocycles. The second-order valence-corrected chi connectivity index (χ2v) is 10.5. The second-order valence-electron chi connectivity index (χ2n) is 10.5. The Hall–Kier alpha value is -1.71. The van der Waals surface area contributed by atoms with E-state index in [1.165, 1.54) is 0 Å². The molecule has 5 atom stereocenters. The van der Waals surface area contributed by atoms with Crippen LogP contribution in [0.5, 0.6) is 0 Å². The summed E-state index contributed by atoms with van der Waals surface area (Å²) in [7, 11) is 0. The SMILES string of the molecule is CCCCC(CC)C(=O)OCC(CO)(COC(=O)C1CN1CCCC)COC(=O)C1CN1CCCC. The maximum Gasteiger partial charge on any atom is 0.324 e. The van der Waals surface area contributed by atoms with Crippen LogP contribution in [-0.4, -0.2) is 97.5 Å². The number of hydrogen-bond acceptors (Lipinski definition) is 9. The summed E-state index contributed by atoms with van der Waals surface area (Å²) in [4.78, 5) is 42.0. The summed E-state index contributed by atoms with van der Waals surface area (Å²) in [5.41, 5.74) is -1.20. The Morgan fingerprint density at radius 1 is 0.806 bits per heavy atom. The van der Waals surface area contributed by atoms with E-state index < -0.39 is 12.0 Å². The van der Waals surface area contributed by atoms with Gasteiger partial charge in [-0.05, 0) is 38.8 Å². The number of nitrogens with zero attached hydrogens (tertiary/aromatic N) is 2. The molecule has 2 heterocycles. The van der Waals surface area contributed by atoms with Crippen molar-refractivity contribution in [3.8, 4) is 0 Å². The van der Waals surface area contributed by atoms with Crippen LogP contribution in [0.2, 0.25) is 0 Å². The summed E-state index contributed by atoms with van der Waals surface area (Å²) in [6.07, 6.45) is 7.47. The molecule has 2 aliphatic heterocycles. The smallest absolute Gasteiger partial charge is 0.324 e. The zero-order valence-corrected chi connectivity index (χ0v) is 22.8. The largest absolute Gasteiger partial charge is 0.465 e. The molecule has 0 saturated carbocycles. The molecule has 9 heteroatoms. The van der Waals surface area contributed by atoms with Gasteiger partial charge in [-0.2, -0.15) is 0 Å². The monoisotopic (exact) mass is 512 g/mol. The van der Waals surface area contributed by atoms with E-state index in [0.717, 1.165) is 58.0 Å². The molecule has 1 N–H and O–H groups in total. The number of carbonyl (C=O) groups is 3. The molecule has 0 amide bonds. The molecule has 0 bridgehead atoms. The second kappa shape index (κ2) is 15.5. The summed E-state index contributed by atoms with van der Waals surface area (Å²) in [5.74, 6) is -1.27. The number of unbranched alkanes of at least 4 members (excludes halogenated alkanes) is 3. The highest BCUT2D eigenvalue weighted by Crippen LogP contribution is 2.26. The van der Waals surface area contributed by atoms with Crippen LogP contribution >= 0.6 is 0 Å². The molecule has 2 rings (SSSR count). The van der Waals surface area contributed by atoms with Gasteiger partial charge in [0.25, 0.3) is 0 Å². The summed E-state index contributed by atoms with van der Waals surface area (Å²) in [5, 5.41) is 10.3. The zero-order chi connectivity index (χ0) is 26.6. The van der Waals surface area contributed by atoms with Crippen LogP contribution in [-0.2, 0) is 28.6 Å². The fraction of sp³-hybridized carbons (Fsp3) is 0.889. The lowest BCUT2D eigenvalue weighted by atomic mass is 9.92. The Morgan fingerprint density at radius 2 is 1.28 bits per heavy atom. The molecule has 0 radical (unpaired) electrons. The maximum absolute atomic E-state index is 12.7. The Kier molecular flexibility index (Phi) is 13.2. The number of esters is 3. The molecular formula is C27H48N2O7. The first kappa shape index (κ1) is 30.5. The number of aliphatic hydroxyl groups is 1. The van der Waals surface area contributed by atoms with Crippen molar-refractivity contribution < 1.29 is 33.7 Å². The van der Waals surface area contributed by atoms with Gasteiger partial charge in [-0.25, -0.2) is 0 Å². The van der Waals surface area contributed by atoms with Gasteiger partial charge in [0, 0.05) is 13.1 Å². The van der Waals surface area contributed by atoms with E-state index in [2.05, 4.69) is 20.8 Å². The summed E-state index contributed by atoms with van der Waals surface area (Å²) >= 11 is 0. The molecule has 9 nitrogen and oxygen atoms in total. The predicted molar refractivity (Wildman–Crippen MR) is 136 cm³/mol. The van der Waals surface area contributed by atoms with E-state index in [4.69, 9.17) is 14.2 Å². The van der Waals surface area contributed by atoms with Gasteiger partial charge in [-0.1, -0.05) is 53.4 Å². The molecule has 2 aliphatic rings. The minimum atomic E-state index is -1.20. The molecule has 0 aromatic heterocycles. The molecule has 0 aromatic carbocycles. The van der Waals surface area contributed by atoms with Crippen molar-refractivity contribution in [1.29, 1.82) is 0 Å². The highest BCUT2D eigenvalue weighted by Gasteiger charge is 2.45. The predicted octanol–water partition coefficient (Wildman–Crippen LogP) is 2.78. The average molecular weight is 513 g/mol. The number of rotatable bonds is 20. The van der Waals surface area contributed by atoms with E-state index in [1.807, 2.05) is 16.7 Å². The van der Waals surface area contributed by atoms with Crippen LogP contribution in [0.25, 0.3) is 0 Å². The highest BCUT2D eigenvalue weighted by atomic mass is 16.6. The van der Waals surface area contributed by atoms with Crippen molar-refractivity contribution in [3.63, 3.8) is 0 Å². The lowest BCUT2D eigenvalue weighted by Crippen LogP contribution is -2.44. The number of ether oxygens (including phenoxy) is 3. The van der Waals surface area contributed by atoms with Gasteiger partial charge in [0.2, 0.25) is 0 Å². The molecular weight excluding hydrogens is 464 g/mol. The fourth-order valence-electron chi connectivity index (χ4n) is 4.20. The first-order chi connectivity index (χ1) is 17.3. The van der Waals surface area contributed by atoms with E-state index in [-0.39, 0.29) is 55.7 Å². The zero-order valence-electron chi connectivity index (χ0n) is 22.8. The van der Waals surface area contributed by atoms with Crippen LogP contribution in [0.1, 0.15) is 79.1 Å². The molecule has 2 fully saturated rings. The number of hydrogen-bond donors (Lipinski definition) is 1. The fourth-order valence-corrected chi connectivity index (χ4v) is 4.20. The van der Waals surface area contributed by atoms with Gasteiger partial charge in [-0.15, -0.1) is 0 Å². The van der Waals surface area contributed by atoms with Gasteiger partial charge in [0.1, 0.15) is 31.9 Å². The van der Waals surface area contributed by atoms with Crippen molar-refractivity contribution in [2.45, 2.75) is 91.1 Å². The lowest BCUT2D eigenvalue weighted by Gasteiger charge is -2.30. The van der Waals surface area contributed by atoms with Crippen LogP contribution in [0.15, 0.2) is 0 Å².